The van der Waals surface area contributed by atoms with E-state index < -0.39 is 0 Å². The smallest absolute Gasteiger partial charge is 0.251 e. The molecule has 0 unspecified atom stereocenters. The lowest BCUT2D eigenvalue weighted by atomic mass is 9.99. The summed E-state index contributed by atoms with van der Waals surface area (Å²) in [6.07, 6.45) is 3.81. The van der Waals surface area contributed by atoms with Gasteiger partial charge in [0.05, 0.1) is 23.0 Å². The zero-order chi connectivity index (χ0) is 29.8. The minimum atomic E-state index is -0.176. The second-order valence-corrected chi connectivity index (χ2v) is 11.5. The molecule has 1 aliphatic heterocycles. The number of nitrogens with zero attached hydrogens (tertiary/aromatic N) is 2. The van der Waals surface area contributed by atoms with Crippen molar-refractivity contribution >= 4 is 28.2 Å². The second-order valence-electron chi connectivity index (χ2n) is 11.5. The zero-order valence-electron chi connectivity index (χ0n) is 24.8. The Hall–Kier alpha value is -4.68. The second kappa shape index (κ2) is 12.7. The normalized spacial score (nSPS) is 15.0. The van der Waals surface area contributed by atoms with Crippen molar-refractivity contribution in [2.75, 3.05) is 13.1 Å². The maximum absolute atomic E-state index is 13.4. The van der Waals surface area contributed by atoms with Crippen molar-refractivity contribution in [2.24, 2.45) is 4.99 Å². The minimum absolute atomic E-state index is 0.0210. The van der Waals surface area contributed by atoms with Crippen LogP contribution in [-0.4, -0.2) is 39.7 Å². The molecule has 43 heavy (non-hydrogen) atoms. The number of aryl methyl sites for hydroxylation is 1. The van der Waals surface area contributed by atoms with Gasteiger partial charge in [-0.2, -0.15) is 0 Å². The van der Waals surface area contributed by atoms with Crippen molar-refractivity contribution < 1.29 is 9.90 Å². The summed E-state index contributed by atoms with van der Waals surface area (Å²) in [5.41, 5.74) is 7.61. The van der Waals surface area contributed by atoms with E-state index in [1.165, 1.54) is 30.4 Å². The number of rotatable bonds is 8. The van der Waals surface area contributed by atoms with Crippen molar-refractivity contribution in [1.82, 2.24) is 15.2 Å². The van der Waals surface area contributed by atoms with E-state index in [0.29, 0.717) is 16.8 Å². The van der Waals surface area contributed by atoms with Crippen molar-refractivity contribution in [3.05, 3.63) is 130 Å². The van der Waals surface area contributed by atoms with Crippen molar-refractivity contribution in [3.8, 4) is 5.88 Å². The Morgan fingerprint density at radius 2 is 1.67 bits per heavy atom. The van der Waals surface area contributed by atoms with E-state index in [4.69, 9.17) is 4.99 Å². The van der Waals surface area contributed by atoms with Crippen LogP contribution in [-0.2, 0) is 6.54 Å². The van der Waals surface area contributed by atoms with Crippen molar-refractivity contribution in [2.45, 2.75) is 45.7 Å². The number of carbonyl (C=O) groups is 1. The molecule has 1 amide bonds. The summed E-state index contributed by atoms with van der Waals surface area (Å²) in [6, 6.07) is 31.7. The van der Waals surface area contributed by atoms with Gasteiger partial charge in [0.15, 0.2) is 5.88 Å². The maximum atomic E-state index is 13.4. The number of aromatic amines is 1. The summed E-state index contributed by atoms with van der Waals surface area (Å²) < 4.78 is 0. The highest BCUT2D eigenvalue weighted by Crippen LogP contribution is 2.33. The Kier molecular flexibility index (Phi) is 8.38. The van der Waals surface area contributed by atoms with Gasteiger partial charge in [-0.1, -0.05) is 78.7 Å². The Labute approximate surface area is 253 Å². The van der Waals surface area contributed by atoms with Crippen LogP contribution in [0.2, 0.25) is 0 Å². The first-order valence-electron chi connectivity index (χ1n) is 15.1. The van der Waals surface area contributed by atoms with Crippen LogP contribution in [0.3, 0.4) is 0 Å². The average molecular weight is 571 g/mol. The number of nitrogens with one attached hydrogen (secondary N) is 2. The minimum Gasteiger partial charge on any atom is -0.494 e. The Morgan fingerprint density at radius 3 is 2.44 bits per heavy atom. The summed E-state index contributed by atoms with van der Waals surface area (Å²) >= 11 is 0. The van der Waals surface area contributed by atoms with Crippen LogP contribution in [0.4, 0.5) is 5.69 Å². The maximum Gasteiger partial charge on any atom is 0.251 e. The molecule has 2 heterocycles. The highest BCUT2D eigenvalue weighted by atomic mass is 16.3. The first-order chi connectivity index (χ1) is 20.9. The molecule has 0 radical (unpaired) electrons. The number of likely N-dealkylation sites (tertiary alicyclic amines) is 1. The topological polar surface area (TPSA) is 80.7 Å². The highest BCUT2D eigenvalue weighted by Gasteiger charge is 2.21. The molecule has 1 atom stereocenters. The third-order valence-electron chi connectivity index (χ3n) is 8.26. The molecular weight excluding hydrogens is 532 g/mol. The SMILES string of the molecule is Cc1ccc([C@H](C)NC(=O)c2ccc3[nH]c(O)c(C(=Nc4cccc(CN5CCCCC5)c4)c4ccccc4)c3c2)cc1. The molecule has 0 spiro atoms. The van der Waals surface area contributed by atoms with Gasteiger partial charge in [-0.25, -0.2) is 4.99 Å². The molecule has 1 aromatic heterocycles. The molecule has 1 aliphatic rings. The van der Waals surface area contributed by atoms with E-state index in [1.807, 2.05) is 92.7 Å². The predicted octanol–water partition coefficient (Wildman–Crippen LogP) is 7.83. The number of piperidine rings is 1. The van der Waals surface area contributed by atoms with Gasteiger partial charge in [0.2, 0.25) is 0 Å². The Morgan fingerprint density at radius 1 is 0.907 bits per heavy atom. The third-order valence-corrected chi connectivity index (χ3v) is 8.26. The predicted molar refractivity (Wildman–Crippen MR) is 174 cm³/mol. The zero-order valence-corrected chi connectivity index (χ0v) is 24.8. The molecule has 1 saturated heterocycles. The lowest BCUT2D eigenvalue weighted by Gasteiger charge is -2.26. The summed E-state index contributed by atoms with van der Waals surface area (Å²) in [5.74, 6) is -0.155. The van der Waals surface area contributed by atoms with Crippen molar-refractivity contribution in [3.63, 3.8) is 0 Å². The van der Waals surface area contributed by atoms with Gasteiger partial charge in [0, 0.05) is 28.6 Å². The van der Waals surface area contributed by atoms with Gasteiger partial charge >= 0.3 is 0 Å². The summed E-state index contributed by atoms with van der Waals surface area (Å²) in [4.78, 5) is 24.1. The number of benzene rings is 4. The standard InChI is InChI=1S/C37H38N4O2/c1-25-14-16-28(17-15-25)26(2)38-36(42)30-18-19-33-32(23-30)34(37(43)40-33)35(29-11-5-3-6-12-29)39-31-13-9-10-27(22-31)24-41-20-7-4-8-21-41/h3,5-6,9-19,22-23,26,40,43H,4,7-8,20-21,24H2,1-2H3,(H,38,42)/t26-/m0/s1. The molecular formula is C37H38N4O2. The summed E-state index contributed by atoms with van der Waals surface area (Å²) in [7, 11) is 0. The van der Waals surface area contributed by atoms with E-state index in [1.54, 1.807) is 6.07 Å². The molecule has 6 rings (SSSR count). The molecule has 3 N–H and O–H groups in total. The molecule has 0 bridgehead atoms. The van der Waals surface area contributed by atoms with E-state index >= 15 is 0 Å². The molecule has 0 aliphatic carbocycles. The fourth-order valence-electron chi connectivity index (χ4n) is 5.87. The molecule has 4 aromatic carbocycles. The van der Waals surface area contributed by atoms with Crippen molar-refractivity contribution in [1.29, 1.82) is 0 Å². The first-order valence-corrected chi connectivity index (χ1v) is 15.1. The number of aromatic hydroxyl groups is 1. The Bertz CT molecular complexity index is 1750. The number of amides is 1. The average Bonchev–Trinajstić information content (AvgIpc) is 3.36. The summed E-state index contributed by atoms with van der Waals surface area (Å²) in [5, 5.41) is 15.1. The number of hydrogen-bond donors (Lipinski definition) is 3. The van der Waals surface area contributed by atoms with Crippen LogP contribution in [0.25, 0.3) is 10.9 Å². The molecule has 5 aromatic rings. The largest absolute Gasteiger partial charge is 0.494 e. The van der Waals surface area contributed by atoms with Crippen LogP contribution in [0.5, 0.6) is 5.88 Å². The number of carbonyl (C=O) groups excluding carboxylic acids is 1. The third kappa shape index (κ3) is 6.55. The number of H-pyrrole nitrogens is 1. The van der Waals surface area contributed by atoms with Crippen LogP contribution in [0, 0.1) is 6.92 Å². The monoisotopic (exact) mass is 570 g/mol. The molecule has 218 valence electrons. The van der Waals surface area contributed by atoms with Crippen LogP contribution in [0.1, 0.15) is 70.4 Å². The van der Waals surface area contributed by atoms with Gasteiger partial charge in [-0.05, 0) is 81.2 Å². The summed E-state index contributed by atoms with van der Waals surface area (Å²) in [6.45, 7) is 7.19. The van der Waals surface area contributed by atoms with E-state index in [-0.39, 0.29) is 17.8 Å². The first kappa shape index (κ1) is 28.4. The van der Waals surface area contributed by atoms with E-state index in [9.17, 15) is 9.90 Å². The number of aromatic nitrogens is 1. The van der Waals surface area contributed by atoms with Gasteiger partial charge < -0.3 is 15.4 Å². The lowest BCUT2D eigenvalue weighted by molar-refractivity contribution is 0.0940. The van der Waals surface area contributed by atoms with Gasteiger partial charge in [-0.3, -0.25) is 9.69 Å². The van der Waals surface area contributed by atoms with E-state index in [2.05, 4.69) is 27.3 Å². The fraction of sp³-hybridized carbons (Fsp3) is 0.243. The lowest BCUT2D eigenvalue weighted by Crippen LogP contribution is -2.28. The van der Waals surface area contributed by atoms with Gasteiger partial charge in [0.1, 0.15) is 0 Å². The Balaban J connectivity index is 1.36. The number of hydrogen-bond acceptors (Lipinski definition) is 4. The molecule has 1 fully saturated rings. The van der Waals surface area contributed by atoms with Gasteiger partial charge in [0.25, 0.3) is 5.91 Å². The highest BCUT2D eigenvalue weighted by molar-refractivity contribution is 6.22. The number of aliphatic imine (C=N–C) groups is 1. The number of fused-ring (bicyclic) bond motifs is 1. The van der Waals surface area contributed by atoms with Crippen LogP contribution < -0.4 is 5.32 Å². The van der Waals surface area contributed by atoms with Crippen LogP contribution >= 0.6 is 0 Å². The van der Waals surface area contributed by atoms with Crippen LogP contribution in [0.15, 0.2) is 102 Å². The molecule has 6 heteroatoms. The molecule has 6 nitrogen and oxygen atoms in total. The fourth-order valence-corrected chi connectivity index (χ4v) is 5.87. The van der Waals surface area contributed by atoms with E-state index in [0.717, 1.165) is 47.4 Å². The van der Waals surface area contributed by atoms with Gasteiger partial charge in [-0.15, -0.1) is 0 Å². The quantitative estimate of drug-likeness (QED) is 0.166. The molecule has 0 saturated carbocycles.